The Morgan fingerprint density at radius 1 is 1.11 bits per heavy atom. The second-order valence-electron chi connectivity index (χ2n) is 8.10. The molecule has 9 nitrogen and oxygen atoms in total. The van der Waals surface area contributed by atoms with Gasteiger partial charge in [0.25, 0.3) is 0 Å². The molecule has 0 aromatic carbocycles. The fourth-order valence-electron chi connectivity index (χ4n) is 3.52. The molecule has 1 aromatic rings. The summed E-state index contributed by atoms with van der Waals surface area (Å²) in [6.07, 6.45) is 3.27. The van der Waals surface area contributed by atoms with Gasteiger partial charge in [-0.3, -0.25) is 9.69 Å². The van der Waals surface area contributed by atoms with E-state index < -0.39 is 17.7 Å². The van der Waals surface area contributed by atoms with E-state index in [1.807, 2.05) is 20.8 Å². The zero-order valence-electron chi connectivity index (χ0n) is 17.0. The highest BCUT2D eigenvalue weighted by Gasteiger charge is 2.43. The molecule has 0 saturated carbocycles. The van der Waals surface area contributed by atoms with E-state index in [1.165, 1.54) is 4.90 Å². The molecule has 1 aromatic heterocycles. The second kappa shape index (κ2) is 8.30. The second-order valence-corrected chi connectivity index (χ2v) is 8.10. The summed E-state index contributed by atoms with van der Waals surface area (Å²) in [6, 6.07) is 1.22. The van der Waals surface area contributed by atoms with Gasteiger partial charge in [-0.15, -0.1) is 0 Å². The first-order valence-electron chi connectivity index (χ1n) is 9.61. The Bertz CT molecular complexity index is 685. The first kappa shape index (κ1) is 20.3. The quantitative estimate of drug-likeness (QED) is 0.764. The molecule has 3 rings (SSSR count). The zero-order valence-corrected chi connectivity index (χ0v) is 17.0. The molecule has 28 heavy (non-hydrogen) atoms. The molecule has 2 amide bonds. The number of nitrogens with zero attached hydrogens (tertiary/aromatic N) is 5. The van der Waals surface area contributed by atoms with E-state index in [9.17, 15) is 9.59 Å². The normalized spacial score (nSPS) is 23.1. The predicted octanol–water partition coefficient (Wildman–Crippen LogP) is 1.15. The van der Waals surface area contributed by atoms with Gasteiger partial charge in [0.1, 0.15) is 11.6 Å². The van der Waals surface area contributed by atoms with Crippen LogP contribution in [0.1, 0.15) is 27.2 Å². The summed E-state index contributed by atoms with van der Waals surface area (Å²) in [5.74, 6) is 0.615. The number of methoxy groups -OCH3 is 1. The third-order valence-corrected chi connectivity index (χ3v) is 4.94. The van der Waals surface area contributed by atoms with Crippen molar-refractivity contribution in [3.05, 3.63) is 18.5 Å². The first-order chi connectivity index (χ1) is 13.3. The summed E-state index contributed by atoms with van der Waals surface area (Å²) in [6.45, 7) is 8.25. The number of amides is 2. The van der Waals surface area contributed by atoms with Gasteiger partial charge in [-0.05, 0) is 26.8 Å². The van der Waals surface area contributed by atoms with Gasteiger partial charge in [-0.2, -0.15) is 0 Å². The Morgan fingerprint density at radius 2 is 1.75 bits per heavy atom. The number of hydrogen-bond acceptors (Lipinski definition) is 7. The van der Waals surface area contributed by atoms with Gasteiger partial charge < -0.3 is 19.3 Å². The predicted molar refractivity (Wildman–Crippen MR) is 103 cm³/mol. The van der Waals surface area contributed by atoms with Crippen molar-refractivity contribution in [1.29, 1.82) is 0 Å². The average molecular weight is 391 g/mol. The maximum atomic E-state index is 13.2. The Morgan fingerprint density at radius 3 is 2.32 bits per heavy atom. The molecule has 2 atom stereocenters. The number of anilines is 1. The van der Waals surface area contributed by atoms with Crippen LogP contribution >= 0.6 is 0 Å². The zero-order chi connectivity index (χ0) is 20.3. The summed E-state index contributed by atoms with van der Waals surface area (Å²) in [4.78, 5) is 39.7. The molecule has 0 spiro atoms. The highest BCUT2D eigenvalue weighted by Crippen LogP contribution is 2.25. The fourth-order valence-corrected chi connectivity index (χ4v) is 3.52. The lowest BCUT2D eigenvalue weighted by Crippen LogP contribution is -2.55. The van der Waals surface area contributed by atoms with Crippen LogP contribution in [0.2, 0.25) is 0 Å². The van der Waals surface area contributed by atoms with Crippen molar-refractivity contribution in [1.82, 2.24) is 19.8 Å². The van der Waals surface area contributed by atoms with Gasteiger partial charge in [-0.1, -0.05) is 0 Å². The molecule has 3 heterocycles. The standard InChI is InChI=1S/C19H29N5O4/c1-19(2,3)28-18(26)24-13-14(27-4)12-15(24)16(25)22-8-10-23(11-9-22)17-20-6-5-7-21-17/h5-7,14-15H,8-13H2,1-4H3/t14-,15+/m1/s1. The van der Waals surface area contributed by atoms with Crippen molar-refractivity contribution in [3.8, 4) is 0 Å². The lowest BCUT2D eigenvalue weighted by molar-refractivity contribution is -0.136. The molecule has 0 N–H and O–H groups in total. The van der Waals surface area contributed by atoms with Crippen LogP contribution in [0.3, 0.4) is 0 Å². The summed E-state index contributed by atoms with van der Waals surface area (Å²) in [5.41, 5.74) is -0.614. The largest absolute Gasteiger partial charge is 0.444 e. The maximum Gasteiger partial charge on any atom is 0.411 e. The highest BCUT2D eigenvalue weighted by atomic mass is 16.6. The molecule has 154 valence electrons. The van der Waals surface area contributed by atoms with Crippen molar-refractivity contribution in [2.45, 2.75) is 44.9 Å². The smallest absolute Gasteiger partial charge is 0.411 e. The van der Waals surface area contributed by atoms with E-state index >= 15 is 0 Å². The van der Waals surface area contributed by atoms with Crippen molar-refractivity contribution >= 4 is 17.9 Å². The summed E-state index contributed by atoms with van der Waals surface area (Å²) < 4.78 is 10.9. The number of carbonyl (C=O) groups is 2. The van der Waals surface area contributed by atoms with Gasteiger partial charge in [0, 0.05) is 52.1 Å². The number of rotatable bonds is 3. The molecular weight excluding hydrogens is 362 g/mol. The summed E-state index contributed by atoms with van der Waals surface area (Å²) in [5, 5.41) is 0. The summed E-state index contributed by atoms with van der Waals surface area (Å²) >= 11 is 0. The number of hydrogen-bond donors (Lipinski definition) is 0. The van der Waals surface area contributed by atoms with E-state index in [4.69, 9.17) is 9.47 Å². The van der Waals surface area contributed by atoms with Crippen LogP contribution in [-0.2, 0) is 14.3 Å². The lowest BCUT2D eigenvalue weighted by Gasteiger charge is -2.37. The maximum absolute atomic E-state index is 13.2. The molecule has 0 unspecified atom stereocenters. The highest BCUT2D eigenvalue weighted by molar-refractivity contribution is 5.86. The Labute approximate surface area is 165 Å². The topological polar surface area (TPSA) is 88.1 Å². The number of piperazine rings is 1. The van der Waals surface area contributed by atoms with Crippen LogP contribution in [0.5, 0.6) is 0 Å². The summed E-state index contributed by atoms with van der Waals surface area (Å²) in [7, 11) is 1.60. The van der Waals surface area contributed by atoms with E-state index in [-0.39, 0.29) is 12.0 Å². The molecule has 9 heteroatoms. The van der Waals surface area contributed by atoms with Gasteiger partial charge in [0.05, 0.1) is 12.6 Å². The molecule has 0 radical (unpaired) electrons. The Balaban J connectivity index is 1.64. The minimum atomic E-state index is -0.614. The molecule has 0 bridgehead atoms. The van der Waals surface area contributed by atoms with Crippen molar-refractivity contribution in [2.24, 2.45) is 0 Å². The molecular formula is C19H29N5O4. The number of carbonyl (C=O) groups excluding carboxylic acids is 2. The minimum Gasteiger partial charge on any atom is -0.444 e. The third-order valence-electron chi connectivity index (χ3n) is 4.94. The van der Waals surface area contributed by atoms with Crippen LogP contribution < -0.4 is 4.90 Å². The monoisotopic (exact) mass is 391 g/mol. The Kier molecular flexibility index (Phi) is 6.02. The SMILES string of the molecule is CO[C@@H]1C[C@@H](C(=O)N2CCN(c3ncccn3)CC2)N(C(=O)OC(C)(C)C)C1. The van der Waals surface area contributed by atoms with E-state index in [1.54, 1.807) is 30.5 Å². The molecule has 2 aliphatic rings. The van der Waals surface area contributed by atoms with Crippen LogP contribution in [0.25, 0.3) is 0 Å². The van der Waals surface area contributed by atoms with Gasteiger partial charge in [0.2, 0.25) is 11.9 Å². The fraction of sp³-hybridized carbons (Fsp3) is 0.684. The van der Waals surface area contributed by atoms with Gasteiger partial charge >= 0.3 is 6.09 Å². The van der Waals surface area contributed by atoms with Crippen LogP contribution in [0.15, 0.2) is 18.5 Å². The van der Waals surface area contributed by atoms with Crippen molar-refractivity contribution < 1.29 is 19.1 Å². The third kappa shape index (κ3) is 4.70. The molecule has 2 saturated heterocycles. The number of aromatic nitrogens is 2. The van der Waals surface area contributed by atoms with Gasteiger partial charge in [-0.25, -0.2) is 14.8 Å². The van der Waals surface area contributed by atoms with Crippen LogP contribution in [-0.4, -0.2) is 89.3 Å². The lowest BCUT2D eigenvalue weighted by atomic mass is 10.1. The number of ether oxygens (including phenoxy) is 2. The number of likely N-dealkylation sites (tertiary alicyclic amines) is 1. The first-order valence-corrected chi connectivity index (χ1v) is 9.61. The van der Waals surface area contributed by atoms with Crippen LogP contribution in [0, 0.1) is 0 Å². The van der Waals surface area contributed by atoms with E-state index in [2.05, 4.69) is 14.9 Å². The molecule has 2 aliphatic heterocycles. The van der Waals surface area contributed by atoms with E-state index in [0.717, 1.165) is 0 Å². The van der Waals surface area contributed by atoms with Crippen molar-refractivity contribution in [2.75, 3.05) is 44.7 Å². The minimum absolute atomic E-state index is 0.0564. The van der Waals surface area contributed by atoms with E-state index in [0.29, 0.717) is 45.1 Å². The average Bonchev–Trinajstić information content (AvgIpc) is 3.12. The molecule has 0 aliphatic carbocycles. The Hall–Kier alpha value is -2.42. The molecule has 2 fully saturated rings. The van der Waals surface area contributed by atoms with Crippen molar-refractivity contribution in [3.63, 3.8) is 0 Å². The van der Waals surface area contributed by atoms with Crippen LogP contribution in [0.4, 0.5) is 10.7 Å². The van der Waals surface area contributed by atoms with Gasteiger partial charge in [0.15, 0.2) is 0 Å².